The second kappa shape index (κ2) is 14.2. The smallest absolute Gasteiger partial charge is 0.160 e. The van der Waals surface area contributed by atoms with Crippen molar-refractivity contribution in [1.29, 1.82) is 0 Å². The highest BCUT2D eigenvalue weighted by Crippen LogP contribution is 2.56. The van der Waals surface area contributed by atoms with E-state index >= 15 is 0 Å². The largest absolute Gasteiger partial charge is 0.228 e. The molecule has 2 aliphatic carbocycles. The minimum Gasteiger partial charge on any atom is -0.228 e. The molecule has 1 fully saturated rings. The molecule has 8 aromatic carbocycles. The van der Waals surface area contributed by atoms with E-state index in [1.54, 1.807) is 0 Å². The Labute approximate surface area is 340 Å². The molecule has 2 aliphatic rings. The van der Waals surface area contributed by atoms with Gasteiger partial charge in [-0.05, 0) is 91.4 Å². The van der Waals surface area contributed by atoms with E-state index in [9.17, 15) is 0 Å². The second-order valence-corrected chi connectivity index (χ2v) is 16.0. The van der Waals surface area contributed by atoms with Crippen molar-refractivity contribution in [3.8, 4) is 78.4 Å². The molecule has 1 spiro atoms. The summed E-state index contributed by atoms with van der Waals surface area (Å²) in [7, 11) is 0. The van der Waals surface area contributed by atoms with E-state index in [2.05, 4.69) is 188 Å². The maximum Gasteiger partial charge on any atom is 0.160 e. The van der Waals surface area contributed by atoms with E-state index in [1.807, 2.05) is 6.07 Å². The third-order valence-electron chi connectivity index (χ3n) is 12.7. The zero-order valence-corrected chi connectivity index (χ0v) is 32.4. The molecule has 0 atom stereocenters. The topological polar surface area (TPSA) is 25.8 Å². The van der Waals surface area contributed by atoms with Crippen LogP contribution in [0.4, 0.5) is 0 Å². The number of hydrogen-bond donors (Lipinski definition) is 0. The lowest BCUT2D eigenvalue weighted by molar-refractivity contribution is 0.353. The van der Waals surface area contributed by atoms with Crippen LogP contribution in [0.5, 0.6) is 0 Å². The SMILES string of the molecule is c1ccc(-c2ccc(-c3cc(-c4ccccc4)nc(-c4ccc(-c5ccc(-c6ccc7c(c6)C6(CCCCC6)c6ccccc6-7)c6ccccc56)cc4)n3)cc2)cc1. The Morgan fingerprint density at radius 3 is 1.47 bits per heavy atom. The first-order chi connectivity index (χ1) is 28.7. The number of fused-ring (bicyclic) bond motifs is 6. The molecule has 1 aromatic heterocycles. The van der Waals surface area contributed by atoms with E-state index in [-0.39, 0.29) is 5.41 Å². The summed E-state index contributed by atoms with van der Waals surface area (Å²) >= 11 is 0. The van der Waals surface area contributed by atoms with Crippen molar-refractivity contribution >= 4 is 10.8 Å². The summed E-state index contributed by atoms with van der Waals surface area (Å²) in [6.07, 6.45) is 6.40. The molecule has 0 N–H and O–H groups in total. The van der Waals surface area contributed by atoms with Gasteiger partial charge in [-0.1, -0.05) is 201 Å². The van der Waals surface area contributed by atoms with Crippen LogP contribution in [0.15, 0.2) is 194 Å². The van der Waals surface area contributed by atoms with Crippen LogP contribution in [0, 0.1) is 0 Å². The fourth-order valence-electron chi connectivity index (χ4n) is 9.86. The van der Waals surface area contributed by atoms with E-state index < -0.39 is 0 Å². The van der Waals surface area contributed by atoms with E-state index in [4.69, 9.17) is 9.97 Å². The van der Waals surface area contributed by atoms with Crippen molar-refractivity contribution in [3.05, 3.63) is 205 Å². The predicted molar refractivity (Wildman–Crippen MR) is 241 cm³/mol. The lowest BCUT2D eigenvalue weighted by Crippen LogP contribution is -2.28. The summed E-state index contributed by atoms with van der Waals surface area (Å²) < 4.78 is 0. The molecule has 0 bridgehead atoms. The standard InChI is InChI=1S/C56H42N2/c1-4-14-38(15-5-1)39-22-26-42(27-23-39)54-37-53(41-16-6-2-7-17-41)57-55(58-54)43-28-24-40(25-29-43)45-32-33-46(48-19-9-8-18-47(45)48)44-30-31-50-49-20-10-11-21-51(49)56(52(50)36-44)34-12-3-13-35-56/h1-2,4-11,14-33,36-37H,3,12-13,34-35H2. The molecular formula is C56H42N2. The first-order valence-electron chi connectivity index (χ1n) is 20.7. The fourth-order valence-corrected chi connectivity index (χ4v) is 9.86. The van der Waals surface area contributed by atoms with Crippen molar-refractivity contribution in [2.45, 2.75) is 37.5 Å². The van der Waals surface area contributed by atoms with Gasteiger partial charge in [-0.2, -0.15) is 0 Å². The highest BCUT2D eigenvalue weighted by atomic mass is 14.9. The number of aromatic nitrogens is 2. The minimum absolute atomic E-state index is 0.135. The Bertz CT molecular complexity index is 2940. The summed E-state index contributed by atoms with van der Waals surface area (Å²) in [6, 6.07) is 70.5. The van der Waals surface area contributed by atoms with Crippen LogP contribution in [0.25, 0.3) is 89.2 Å². The Hall–Kier alpha value is -6.90. The quantitative estimate of drug-likeness (QED) is 0.170. The Kier molecular flexibility index (Phi) is 8.43. The summed E-state index contributed by atoms with van der Waals surface area (Å²) in [6.45, 7) is 0. The highest BCUT2D eigenvalue weighted by molar-refractivity contribution is 6.05. The minimum atomic E-state index is 0.135. The third-order valence-corrected chi connectivity index (χ3v) is 12.7. The Morgan fingerprint density at radius 2 is 0.776 bits per heavy atom. The van der Waals surface area contributed by atoms with Crippen LogP contribution in [-0.2, 0) is 5.41 Å². The Morgan fingerprint density at radius 1 is 0.310 bits per heavy atom. The molecule has 1 heterocycles. The van der Waals surface area contributed by atoms with Crippen LogP contribution in [0.1, 0.15) is 43.2 Å². The van der Waals surface area contributed by atoms with Crippen molar-refractivity contribution in [2.75, 3.05) is 0 Å². The van der Waals surface area contributed by atoms with Gasteiger partial charge in [-0.15, -0.1) is 0 Å². The Balaban J connectivity index is 0.955. The van der Waals surface area contributed by atoms with Gasteiger partial charge in [-0.3, -0.25) is 0 Å². The van der Waals surface area contributed by atoms with Gasteiger partial charge < -0.3 is 0 Å². The summed E-state index contributed by atoms with van der Waals surface area (Å²) in [4.78, 5) is 10.3. The van der Waals surface area contributed by atoms with Gasteiger partial charge >= 0.3 is 0 Å². The molecule has 0 aliphatic heterocycles. The highest BCUT2D eigenvalue weighted by Gasteiger charge is 2.43. The first-order valence-corrected chi connectivity index (χ1v) is 20.7. The van der Waals surface area contributed by atoms with Crippen LogP contribution >= 0.6 is 0 Å². The van der Waals surface area contributed by atoms with Crippen LogP contribution in [-0.4, -0.2) is 9.97 Å². The van der Waals surface area contributed by atoms with E-state index in [0.717, 1.165) is 28.1 Å². The predicted octanol–water partition coefficient (Wildman–Crippen LogP) is 14.9. The van der Waals surface area contributed by atoms with Gasteiger partial charge in [0.15, 0.2) is 5.82 Å². The van der Waals surface area contributed by atoms with Gasteiger partial charge in [0.05, 0.1) is 11.4 Å². The first kappa shape index (κ1) is 34.4. The average molecular weight is 743 g/mol. The average Bonchev–Trinajstić information content (AvgIpc) is 3.57. The van der Waals surface area contributed by atoms with Gasteiger partial charge in [-0.25, -0.2) is 9.97 Å². The van der Waals surface area contributed by atoms with Crippen molar-refractivity contribution in [1.82, 2.24) is 9.97 Å². The molecule has 58 heavy (non-hydrogen) atoms. The van der Waals surface area contributed by atoms with Crippen molar-refractivity contribution < 1.29 is 0 Å². The maximum absolute atomic E-state index is 5.16. The second-order valence-electron chi connectivity index (χ2n) is 16.0. The molecule has 0 radical (unpaired) electrons. The monoisotopic (exact) mass is 742 g/mol. The number of rotatable bonds is 6. The third kappa shape index (κ3) is 5.87. The van der Waals surface area contributed by atoms with Crippen LogP contribution in [0.3, 0.4) is 0 Å². The van der Waals surface area contributed by atoms with Gasteiger partial charge in [0.1, 0.15) is 0 Å². The van der Waals surface area contributed by atoms with Crippen molar-refractivity contribution in [2.24, 2.45) is 0 Å². The van der Waals surface area contributed by atoms with Gasteiger partial charge in [0, 0.05) is 22.1 Å². The number of benzene rings is 8. The molecule has 0 amide bonds. The zero-order chi connectivity index (χ0) is 38.5. The molecule has 2 heteroatoms. The molecule has 9 aromatic rings. The molecule has 276 valence electrons. The van der Waals surface area contributed by atoms with Crippen LogP contribution in [0.2, 0.25) is 0 Å². The number of nitrogens with zero attached hydrogens (tertiary/aromatic N) is 2. The lowest BCUT2D eigenvalue weighted by atomic mass is 9.67. The lowest BCUT2D eigenvalue weighted by Gasteiger charge is -2.36. The molecule has 11 rings (SSSR count). The van der Waals surface area contributed by atoms with Crippen molar-refractivity contribution in [3.63, 3.8) is 0 Å². The van der Waals surface area contributed by atoms with E-state index in [1.165, 1.54) is 98.5 Å². The zero-order valence-electron chi connectivity index (χ0n) is 32.4. The van der Waals surface area contributed by atoms with Gasteiger partial charge in [0.25, 0.3) is 0 Å². The summed E-state index contributed by atoms with van der Waals surface area (Å²) in [5.74, 6) is 0.713. The molecule has 1 saturated carbocycles. The van der Waals surface area contributed by atoms with Gasteiger partial charge in [0.2, 0.25) is 0 Å². The van der Waals surface area contributed by atoms with Crippen LogP contribution < -0.4 is 0 Å². The number of hydrogen-bond acceptors (Lipinski definition) is 2. The molecule has 2 nitrogen and oxygen atoms in total. The molecule has 0 saturated heterocycles. The fraction of sp³-hybridized carbons (Fsp3) is 0.107. The molecular weight excluding hydrogens is 701 g/mol. The maximum atomic E-state index is 5.16. The molecule has 0 unspecified atom stereocenters. The normalized spacial score (nSPS) is 14.0. The summed E-state index contributed by atoms with van der Waals surface area (Å²) in [5.41, 5.74) is 18.4. The van der Waals surface area contributed by atoms with E-state index in [0.29, 0.717) is 5.82 Å². The summed E-state index contributed by atoms with van der Waals surface area (Å²) in [5, 5.41) is 2.53.